The highest BCUT2D eigenvalue weighted by molar-refractivity contribution is 5.81. The van der Waals surface area contributed by atoms with Crippen LogP contribution in [0.3, 0.4) is 0 Å². The molecule has 11 heavy (non-hydrogen) atoms. The highest BCUT2D eigenvalue weighted by Crippen LogP contribution is 1.87. The monoisotopic (exact) mass is 161 g/mol. The Morgan fingerprint density at radius 3 is 2.64 bits per heavy atom. The van der Waals surface area contributed by atoms with Crippen molar-refractivity contribution < 1.29 is 19.7 Å². The van der Waals surface area contributed by atoms with Crippen molar-refractivity contribution in [3.05, 3.63) is 12.7 Å². The molecule has 1 unspecified atom stereocenters. The molecule has 64 valence electrons. The Hall–Kier alpha value is -0.910. The molecule has 0 amide bonds. The summed E-state index contributed by atoms with van der Waals surface area (Å²) in [6.07, 6.45) is -1.45. The van der Waals surface area contributed by atoms with Crippen LogP contribution in [0.2, 0.25) is 0 Å². The fraction of sp³-hybridized carbons (Fsp3) is 0.500. The smallest absolute Gasteiger partial charge is 0.331 e. The minimum atomic E-state index is -1.69. The predicted molar refractivity (Wildman–Crippen MR) is 37.1 cm³/mol. The second-order valence-corrected chi connectivity index (χ2v) is 1.82. The molecule has 0 bridgehead atoms. The summed E-state index contributed by atoms with van der Waals surface area (Å²) in [5.41, 5.74) is 0. The Morgan fingerprint density at radius 2 is 2.27 bits per heavy atom. The fourth-order valence-corrected chi connectivity index (χ4v) is 0.466. The molecule has 0 radical (unpaired) electrons. The molecule has 0 rings (SSSR count). The van der Waals surface area contributed by atoms with Gasteiger partial charge in [-0.2, -0.15) is 0 Å². The van der Waals surface area contributed by atoms with Crippen molar-refractivity contribution >= 4 is 5.97 Å². The summed E-state index contributed by atoms with van der Waals surface area (Å²) in [4.78, 5) is 10.5. The average Bonchev–Trinajstić information content (AvgIpc) is 1.85. The Morgan fingerprint density at radius 1 is 1.73 bits per heavy atom. The molecule has 0 aliphatic carbocycles. The first-order valence-corrected chi connectivity index (χ1v) is 3.01. The van der Waals surface area contributed by atoms with E-state index in [9.17, 15) is 4.79 Å². The Bertz CT molecular complexity index is 146. The van der Waals surface area contributed by atoms with Crippen LogP contribution < -0.4 is 5.32 Å². The van der Waals surface area contributed by atoms with Gasteiger partial charge in [0.05, 0.1) is 0 Å². The van der Waals surface area contributed by atoms with Gasteiger partial charge in [0.25, 0.3) is 0 Å². The lowest BCUT2D eigenvalue weighted by atomic mass is 10.6. The summed E-state index contributed by atoms with van der Waals surface area (Å²) < 4.78 is 4.52. The van der Waals surface area contributed by atoms with E-state index in [1.807, 2.05) is 0 Å². The quantitative estimate of drug-likeness (QED) is 0.277. The van der Waals surface area contributed by atoms with Crippen LogP contribution in [-0.2, 0) is 9.53 Å². The van der Waals surface area contributed by atoms with Gasteiger partial charge >= 0.3 is 5.97 Å². The van der Waals surface area contributed by atoms with E-state index >= 15 is 0 Å². The first-order valence-electron chi connectivity index (χ1n) is 3.01. The number of carbonyl (C=O) groups excluding carboxylic acids is 1. The van der Waals surface area contributed by atoms with Crippen LogP contribution in [0, 0.1) is 0 Å². The third-order valence-electron chi connectivity index (χ3n) is 0.843. The van der Waals surface area contributed by atoms with Crippen molar-refractivity contribution in [2.45, 2.75) is 19.6 Å². The lowest BCUT2D eigenvalue weighted by Gasteiger charge is -2.14. The molecule has 0 spiro atoms. The summed E-state index contributed by atoms with van der Waals surface area (Å²) in [7, 11) is 0. The molecule has 0 saturated carbocycles. The zero-order chi connectivity index (χ0) is 8.85. The van der Waals surface area contributed by atoms with Crippen molar-refractivity contribution in [3.8, 4) is 0 Å². The molecule has 0 aromatic heterocycles. The summed E-state index contributed by atoms with van der Waals surface area (Å²) in [5, 5.41) is 18.8. The van der Waals surface area contributed by atoms with Gasteiger partial charge < -0.3 is 14.9 Å². The van der Waals surface area contributed by atoms with Crippen molar-refractivity contribution in [1.82, 2.24) is 5.32 Å². The van der Waals surface area contributed by atoms with Crippen LogP contribution in [-0.4, -0.2) is 28.8 Å². The SMILES string of the molecule is C=CC(=O)OC(C)NC(O)O. The largest absolute Gasteiger partial charge is 0.444 e. The van der Waals surface area contributed by atoms with E-state index in [-0.39, 0.29) is 0 Å². The zero-order valence-electron chi connectivity index (χ0n) is 6.15. The summed E-state index contributed by atoms with van der Waals surface area (Å²) in [5.74, 6) is -0.620. The average molecular weight is 161 g/mol. The van der Waals surface area contributed by atoms with Crippen molar-refractivity contribution in [2.75, 3.05) is 0 Å². The van der Waals surface area contributed by atoms with Crippen LogP contribution in [0.15, 0.2) is 12.7 Å². The van der Waals surface area contributed by atoms with E-state index in [0.29, 0.717) is 0 Å². The third-order valence-corrected chi connectivity index (χ3v) is 0.843. The number of hydrogen-bond donors (Lipinski definition) is 3. The predicted octanol–water partition coefficient (Wildman–Crippen LogP) is -1.08. The Labute approximate surface area is 64.3 Å². The number of hydrogen-bond acceptors (Lipinski definition) is 5. The van der Waals surface area contributed by atoms with Gasteiger partial charge in [-0.3, -0.25) is 0 Å². The molecule has 5 nitrogen and oxygen atoms in total. The number of aliphatic hydroxyl groups is 2. The van der Waals surface area contributed by atoms with Crippen LogP contribution in [0.1, 0.15) is 6.92 Å². The number of nitrogens with one attached hydrogen (secondary N) is 1. The van der Waals surface area contributed by atoms with Crippen LogP contribution in [0.5, 0.6) is 0 Å². The number of aliphatic hydroxyl groups excluding tert-OH is 1. The van der Waals surface area contributed by atoms with E-state index in [0.717, 1.165) is 6.08 Å². The zero-order valence-corrected chi connectivity index (χ0v) is 6.15. The molecule has 0 aromatic carbocycles. The number of rotatable bonds is 4. The molecule has 0 saturated heterocycles. The molecule has 3 N–H and O–H groups in total. The number of ether oxygens (including phenoxy) is 1. The highest BCUT2D eigenvalue weighted by Gasteiger charge is 2.07. The van der Waals surface area contributed by atoms with Crippen molar-refractivity contribution in [3.63, 3.8) is 0 Å². The first-order chi connectivity index (χ1) is 5.06. The van der Waals surface area contributed by atoms with Crippen LogP contribution in [0.4, 0.5) is 0 Å². The Balaban J connectivity index is 3.59. The van der Waals surface area contributed by atoms with E-state index in [2.05, 4.69) is 16.6 Å². The molecule has 1 atom stereocenters. The summed E-state index contributed by atoms with van der Waals surface area (Å²) in [6.45, 7) is 4.62. The van der Waals surface area contributed by atoms with Gasteiger partial charge in [-0.25, -0.2) is 10.1 Å². The van der Waals surface area contributed by atoms with Gasteiger partial charge in [-0.1, -0.05) is 6.58 Å². The standard InChI is InChI=1S/C6H11NO4/c1-3-5(8)11-4(2)7-6(9)10/h3-4,6-7,9-10H,1H2,2H3. The van der Waals surface area contributed by atoms with Crippen molar-refractivity contribution in [1.29, 1.82) is 0 Å². The van der Waals surface area contributed by atoms with E-state index in [1.54, 1.807) is 0 Å². The summed E-state index contributed by atoms with van der Waals surface area (Å²) in [6, 6.07) is 0. The van der Waals surface area contributed by atoms with Crippen LogP contribution >= 0.6 is 0 Å². The molecule has 0 heterocycles. The Kier molecular flexibility index (Phi) is 4.44. The second kappa shape index (κ2) is 4.84. The molecular weight excluding hydrogens is 150 g/mol. The van der Waals surface area contributed by atoms with Gasteiger partial charge in [0.2, 0.25) is 6.41 Å². The van der Waals surface area contributed by atoms with Gasteiger partial charge in [0.1, 0.15) is 0 Å². The molecule has 0 aromatic rings. The topological polar surface area (TPSA) is 78.8 Å². The minimum absolute atomic E-state index is 0.620. The highest BCUT2D eigenvalue weighted by atomic mass is 16.6. The lowest BCUT2D eigenvalue weighted by molar-refractivity contribution is -0.152. The van der Waals surface area contributed by atoms with Crippen molar-refractivity contribution in [2.24, 2.45) is 0 Å². The number of carbonyl (C=O) groups is 1. The maximum Gasteiger partial charge on any atom is 0.331 e. The normalized spacial score (nSPS) is 12.7. The van der Waals surface area contributed by atoms with Gasteiger partial charge in [-0.05, 0) is 6.92 Å². The van der Waals surface area contributed by atoms with Gasteiger partial charge in [0.15, 0.2) is 6.23 Å². The second-order valence-electron chi connectivity index (χ2n) is 1.82. The third kappa shape index (κ3) is 5.53. The molecule has 0 fully saturated rings. The molecular formula is C6H11NO4. The molecule has 0 aliphatic rings. The van der Waals surface area contributed by atoms with E-state index in [1.165, 1.54) is 6.92 Å². The molecule has 0 aliphatic heterocycles. The maximum atomic E-state index is 10.5. The van der Waals surface area contributed by atoms with Gasteiger partial charge in [0, 0.05) is 6.08 Å². The van der Waals surface area contributed by atoms with Gasteiger partial charge in [-0.15, -0.1) is 0 Å². The molecule has 5 heteroatoms. The lowest BCUT2D eigenvalue weighted by Crippen LogP contribution is -2.38. The number of esters is 1. The first kappa shape index (κ1) is 10.1. The minimum Gasteiger partial charge on any atom is -0.444 e. The van der Waals surface area contributed by atoms with Crippen LogP contribution in [0.25, 0.3) is 0 Å². The van der Waals surface area contributed by atoms with E-state index in [4.69, 9.17) is 10.2 Å². The maximum absolute atomic E-state index is 10.5. The fourth-order valence-electron chi connectivity index (χ4n) is 0.466. The van der Waals surface area contributed by atoms with E-state index < -0.39 is 18.6 Å². The summed E-state index contributed by atoms with van der Waals surface area (Å²) >= 11 is 0.